The van der Waals surface area contributed by atoms with E-state index in [4.69, 9.17) is 5.26 Å². The smallest absolute Gasteiger partial charge is 0.126 e. The third-order valence-corrected chi connectivity index (χ3v) is 3.12. The maximum Gasteiger partial charge on any atom is 0.126 e. The van der Waals surface area contributed by atoms with Crippen molar-refractivity contribution in [3.8, 4) is 6.07 Å². The summed E-state index contributed by atoms with van der Waals surface area (Å²) >= 11 is 0. The lowest BCUT2D eigenvalue weighted by atomic mass is 9.94. The first kappa shape index (κ1) is 9.21. The van der Waals surface area contributed by atoms with E-state index >= 15 is 0 Å². The quantitative estimate of drug-likeness (QED) is 0.666. The van der Waals surface area contributed by atoms with Crippen molar-refractivity contribution < 1.29 is 4.39 Å². The zero-order valence-corrected chi connectivity index (χ0v) is 8.39. The lowest BCUT2D eigenvalue weighted by Gasteiger charge is -2.09. The van der Waals surface area contributed by atoms with Crippen LogP contribution in [0.1, 0.15) is 29.5 Å². The summed E-state index contributed by atoms with van der Waals surface area (Å²) in [6, 6.07) is 5.73. The van der Waals surface area contributed by atoms with Gasteiger partial charge in [0.1, 0.15) is 5.82 Å². The van der Waals surface area contributed by atoms with Gasteiger partial charge in [-0.05, 0) is 49.4 Å². The van der Waals surface area contributed by atoms with Crippen LogP contribution in [0.2, 0.25) is 0 Å². The van der Waals surface area contributed by atoms with E-state index in [1.54, 1.807) is 6.92 Å². The lowest BCUT2D eigenvalue weighted by Crippen LogP contribution is -2.04. The normalized spacial score (nSPS) is 17.6. The summed E-state index contributed by atoms with van der Waals surface area (Å²) in [6.45, 7) is 3.65. The summed E-state index contributed by atoms with van der Waals surface area (Å²) < 4.78 is 13.4. The van der Waals surface area contributed by atoms with Crippen molar-refractivity contribution in [2.45, 2.75) is 32.1 Å². The largest absolute Gasteiger partial charge is 0.207 e. The second-order valence-corrected chi connectivity index (χ2v) is 4.09. The summed E-state index contributed by atoms with van der Waals surface area (Å²) in [4.78, 5) is 0. The summed E-state index contributed by atoms with van der Waals surface area (Å²) in [5.74, 6) is -0.193. The van der Waals surface area contributed by atoms with Gasteiger partial charge in [0.2, 0.25) is 0 Å². The Morgan fingerprint density at radius 2 is 2.00 bits per heavy atom. The third-order valence-electron chi connectivity index (χ3n) is 3.12. The predicted octanol–water partition coefficient (Wildman–Crippen LogP) is 3.00. The standard InChI is InChI=1S/C12H12FN/c1-8-5-10(6-11(13)9(8)2)12(7-14)3-4-12/h5-6H,3-4H2,1-2H3. The molecule has 1 fully saturated rings. The maximum absolute atomic E-state index is 13.4. The Balaban J connectivity index is 2.53. The lowest BCUT2D eigenvalue weighted by molar-refractivity contribution is 0.612. The Morgan fingerprint density at radius 1 is 1.36 bits per heavy atom. The summed E-state index contributed by atoms with van der Waals surface area (Å²) in [5.41, 5.74) is 2.09. The number of nitrogens with zero attached hydrogens (tertiary/aromatic N) is 1. The second-order valence-electron chi connectivity index (χ2n) is 4.09. The van der Waals surface area contributed by atoms with Crippen LogP contribution in [0.3, 0.4) is 0 Å². The van der Waals surface area contributed by atoms with Crippen LogP contribution in [0.4, 0.5) is 4.39 Å². The van der Waals surface area contributed by atoms with Crippen molar-refractivity contribution in [3.05, 3.63) is 34.6 Å². The van der Waals surface area contributed by atoms with Gasteiger partial charge in [0.15, 0.2) is 0 Å². The van der Waals surface area contributed by atoms with E-state index in [0.29, 0.717) is 5.56 Å². The Labute approximate surface area is 83.2 Å². The minimum Gasteiger partial charge on any atom is -0.207 e. The van der Waals surface area contributed by atoms with Gasteiger partial charge in [-0.25, -0.2) is 4.39 Å². The van der Waals surface area contributed by atoms with Crippen LogP contribution in [-0.2, 0) is 5.41 Å². The van der Waals surface area contributed by atoms with Gasteiger partial charge in [-0.2, -0.15) is 5.26 Å². The summed E-state index contributed by atoms with van der Waals surface area (Å²) in [5, 5.41) is 8.99. The van der Waals surface area contributed by atoms with Crippen molar-refractivity contribution in [2.24, 2.45) is 0 Å². The number of benzene rings is 1. The average Bonchev–Trinajstić information content (AvgIpc) is 2.94. The van der Waals surface area contributed by atoms with Crippen molar-refractivity contribution in [3.63, 3.8) is 0 Å². The van der Waals surface area contributed by atoms with Gasteiger partial charge in [0.25, 0.3) is 0 Å². The SMILES string of the molecule is Cc1cc(C2(C#N)CC2)cc(F)c1C. The van der Waals surface area contributed by atoms with Gasteiger partial charge in [-0.1, -0.05) is 6.07 Å². The zero-order valence-electron chi connectivity index (χ0n) is 8.39. The zero-order chi connectivity index (χ0) is 10.3. The minimum atomic E-state index is -0.376. The Morgan fingerprint density at radius 3 is 2.43 bits per heavy atom. The molecule has 0 saturated heterocycles. The highest BCUT2D eigenvalue weighted by Crippen LogP contribution is 2.48. The molecular formula is C12H12FN. The average molecular weight is 189 g/mol. The molecule has 72 valence electrons. The van der Waals surface area contributed by atoms with Crippen LogP contribution >= 0.6 is 0 Å². The van der Waals surface area contributed by atoms with E-state index in [-0.39, 0.29) is 11.2 Å². The van der Waals surface area contributed by atoms with E-state index < -0.39 is 0 Å². The molecule has 0 aromatic heterocycles. The van der Waals surface area contributed by atoms with E-state index in [1.165, 1.54) is 6.07 Å². The Kier molecular flexibility index (Phi) is 1.85. The first-order chi connectivity index (χ1) is 6.59. The third kappa shape index (κ3) is 1.21. The Bertz CT molecular complexity index is 401. The fourth-order valence-electron chi connectivity index (χ4n) is 1.68. The predicted molar refractivity (Wildman–Crippen MR) is 52.4 cm³/mol. The highest BCUT2D eigenvalue weighted by atomic mass is 19.1. The molecule has 2 heteroatoms. The molecule has 14 heavy (non-hydrogen) atoms. The maximum atomic E-state index is 13.4. The minimum absolute atomic E-state index is 0.193. The van der Waals surface area contributed by atoms with Crippen molar-refractivity contribution in [1.82, 2.24) is 0 Å². The van der Waals surface area contributed by atoms with Gasteiger partial charge in [-0.15, -0.1) is 0 Å². The van der Waals surface area contributed by atoms with E-state index in [2.05, 4.69) is 6.07 Å². The molecule has 0 amide bonds. The molecule has 1 aliphatic rings. The molecule has 1 aromatic rings. The molecule has 0 bridgehead atoms. The second kappa shape index (κ2) is 2.81. The van der Waals surface area contributed by atoms with Crippen LogP contribution in [0.25, 0.3) is 0 Å². The summed E-state index contributed by atoms with van der Waals surface area (Å²) in [7, 11) is 0. The molecular weight excluding hydrogens is 177 g/mol. The molecule has 1 saturated carbocycles. The fraction of sp³-hybridized carbons (Fsp3) is 0.417. The molecule has 0 N–H and O–H groups in total. The van der Waals surface area contributed by atoms with Crippen LogP contribution in [-0.4, -0.2) is 0 Å². The van der Waals surface area contributed by atoms with Crippen LogP contribution < -0.4 is 0 Å². The molecule has 0 spiro atoms. The van der Waals surface area contributed by atoms with E-state index in [1.807, 2.05) is 13.0 Å². The van der Waals surface area contributed by atoms with Gasteiger partial charge in [0.05, 0.1) is 11.5 Å². The number of rotatable bonds is 1. The first-order valence-corrected chi connectivity index (χ1v) is 4.77. The number of halogens is 1. The van der Waals surface area contributed by atoms with Crippen LogP contribution in [0.5, 0.6) is 0 Å². The van der Waals surface area contributed by atoms with Gasteiger partial charge in [0, 0.05) is 0 Å². The van der Waals surface area contributed by atoms with Gasteiger partial charge in [-0.3, -0.25) is 0 Å². The van der Waals surface area contributed by atoms with E-state index in [0.717, 1.165) is 24.0 Å². The summed E-state index contributed by atoms with van der Waals surface area (Å²) in [6.07, 6.45) is 1.73. The molecule has 1 aliphatic carbocycles. The topological polar surface area (TPSA) is 23.8 Å². The number of aryl methyl sites for hydroxylation is 1. The molecule has 0 aliphatic heterocycles. The van der Waals surface area contributed by atoms with Gasteiger partial charge < -0.3 is 0 Å². The molecule has 0 unspecified atom stereocenters. The van der Waals surface area contributed by atoms with Crippen molar-refractivity contribution >= 4 is 0 Å². The molecule has 1 aromatic carbocycles. The van der Waals surface area contributed by atoms with E-state index in [9.17, 15) is 4.39 Å². The Hall–Kier alpha value is -1.36. The van der Waals surface area contributed by atoms with Crippen molar-refractivity contribution in [1.29, 1.82) is 5.26 Å². The van der Waals surface area contributed by atoms with Crippen molar-refractivity contribution in [2.75, 3.05) is 0 Å². The molecule has 2 rings (SSSR count). The number of hydrogen-bond donors (Lipinski definition) is 0. The first-order valence-electron chi connectivity index (χ1n) is 4.77. The molecule has 1 nitrogen and oxygen atoms in total. The van der Waals surface area contributed by atoms with Crippen LogP contribution in [0.15, 0.2) is 12.1 Å². The fourth-order valence-corrected chi connectivity index (χ4v) is 1.68. The highest BCUT2D eigenvalue weighted by molar-refractivity contribution is 5.43. The number of nitriles is 1. The molecule has 0 radical (unpaired) electrons. The van der Waals surface area contributed by atoms with Gasteiger partial charge >= 0.3 is 0 Å². The monoisotopic (exact) mass is 189 g/mol. The molecule has 0 heterocycles. The van der Waals surface area contributed by atoms with Crippen LogP contribution in [0, 0.1) is 31.0 Å². The molecule has 0 atom stereocenters. The number of hydrogen-bond acceptors (Lipinski definition) is 1. The highest BCUT2D eigenvalue weighted by Gasteiger charge is 2.45.